The molecule has 24 heavy (non-hydrogen) atoms. The van der Waals surface area contributed by atoms with Gasteiger partial charge in [-0.05, 0) is 48.4 Å². The first-order valence-corrected chi connectivity index (χ1v) is 7.52. The van der Waals surface area contributed by atoms with Crippen LogP contribution in [0.15, 0.2) is 48.6 Å². The number of carbonyl (C=O) groups excluding carboxylic acids is 2. The zero-order valence-corrected chi connectivity index (χ0v) is 13.0. The second kappa shape index (κ2) is 7.59. The number of carbonyl (C=O) groups is 3. The van der Waals surface area contributed by atoms with Crippen molar-refractivity contribution in [3.05, 3.63) is 54.1 Å². The molecule has 1 aromatic rings. The molecule has 2 N–H and O–H groups in total. The fraction of sp³-hybridized carbons (Fsp3) is 0.278. The Bertz CT molecular complexity index is 668. The number of hydrogen-bond donors (Lipinski definition) is 2. The lowest BCUT2D eigenvalue weighted by Gasteiger charge is -2.20. The minimum Gasteiger partial charge on any atom is -0.508 e. The average Bonchev–Trinajstić information content (AvgIpc) is 2.92. The van der Waals surface area contributed by atoms with E-state index in [1.165, 1.54) is 12.2 Å². The number of allylic oxidation sites excluding steroid dienone is 2. The van der Waals surface area contributed by atoms with Crippen molar-refractivity contribution in [2.45, 2.75) is 31.3 Å². The summed E-state index contributed by atoms with van der Waals surface area (Å²) in [6.45, 7) is 0. The largest absolute Gasteiger partial charge is 0.508 e. The first-order chi connectivity index (χ1) is 11.4. The zero-order valence-electron chi connectivity index (χ0n) is 13.0. The van der Waals surface area contributed by atoms with E-state index in [0.717, 1.165) is 5.56 Å². The molecule has 1 spiro atoms. The van der Waals surface area contributed by atoms with Crippen LogP contribution >= 0.6 is 0 Å². The van der Waals surface area contributed by atoms with Gasteiger partial charge < -0.3 is 14.9 Å². The van der Waals surface area contributed by atoms with Gasteiger partial charge in [-0.25, -0.2) is 0 Å². The molecule has 1 heterocycles. The topological polar surface area (TPSA) is 101 Å². The number of hydrogen-bond acceptors (Lipinski definition) is 5. The van der Waals surface area contributed by atoms with Crippen LogP contribution in [-0.2, 0) is 25.5 Å². The number of ether oxygens (including phenoxy) is 1. The quantitative estimate of drug-likeness (QED) is 0.824. The highest BCUT2D eigenvalue weighted by Gasteiger charge is 2.37. The number of esters is 1. The van der Waals surface area contributed by atoms with Gasteiger partial charge in [0.25, 0.3) is 0 Å². The Morgan fingerprint density at radius 3 is 2.25 bits per heavy atom. The van der Waals surface area contributed by atoms with Crippen LogP contribution in [0.5, 0.6) is 5.75 Å². The molecular formula is C18H18O6. The van der Waals surface area contributed by atoms with Crippen LogP contribution in [-0.4, -0.2) is 33.5 Å². The Balaban J connectivity index is 0.000000174. The van der Waals surface area contributed by atoms with Crippen molar-refractivity contribution in [1.29, 1.82) is 0 Å². The lowest BCUT2D eigenvalue weighted by molar-refractivity contribution is -0.143. The SMILES string of the molecule is O=C(O)CCc1ccc(O)cc1.O=C1C=CC2(C=C1)CCC(=O)O2. The van der Waals surface area contributed by atoms with Crippen molar-refractivity contribution in [1.82, 2.24) is 0 Å². The van der Waals surface area contributed by atoms with Crippen molar-refractivity contribution in [2.24, 2.45) is 0 Å². The lowest BCUT2D eigenvalue weighted by atomic mass is 9.95. The van der Waals surface area contributed by atoms with E-state index in [-0.39, 0.29) is 23.9 Å². The molecule has 1 aliphatic heterocycles. The lowest BCUT2D eigenvalue weighted by Crippen LogP contribution is -2.25. The number of benzene rings is 1. The molecule has 0 saturated carbocycles. The third-order valence-electron chi connectivity index (χ3n) is 3.65. The molecule has 6 heteroatoms. The number of phenolic OH excluding ortho intramolecular Hbond substituents is 1. The predicted molar refractivity (Wildman–Crippen MR) is 85.4 cm³/mol. The molecule has 1 fully saturated rings. The summed E-state index contributed by atoms with van der Waals surface area (Å²) in [5, 5.41) is 17.3. The second-order valence-corrected chi connectivity index (χ2v) is 5.56. The highest BCUT2D eigenvalue weighted by Crippen LogP contribution is 2.31. The number of aliphatic carboxylic acids is 1. The Labute approximate surface area is 139 Å². The third kappa shape index (κ3) is 5.08. The van der Waals surface area contributed by atoms with E-state index < -0.39 is 11.6 Å². The standard InChI is InChI=1S/C9H8O3.C9H10O3/c10-7-1-4-9(5-2-7)6-3-8(11)12-9;10-8-4-1-7(2-5-8)3-6-9(11)12/h1-2,4-5H,3,6H2;1-2,4-5,10H,3,6H2,(H,11,12). The number of carboxylic acids is 1. The van der Waals surface area contributed by atoms with Gasteiger partial charge in [0, 0.05) is 19.3 Å². The molecule has 1 saturated heterocycles. The molecule has 6 nitrogen and oxygen atoms in total. The molecule has 1 aliphatic carbocycles. The monoisotopic (exact) mass is 330 g/mol. The molecule has 0 unspecified atom stereocenters. The molecular weight excluding hydrogens is 312 g/mol. The average molecular weight is 330 g/mol. The van der Waals surface area contributed by atoms with E-state index in [4.69, 9.17) is 14.9 Å². The second-order valence-electron chi connectivity index (χ2n) is 5.56. The number of aromatic hydroxyl groups is 1. The maximum absolute atomic E-state index is 10.8. The maximum Gasteiger partial charge on any atom is 0.307 e. The van der Waals surface area contributed by atoms with Crippen molar-refractivity contribution in [3.8, 4) is 5.75 Å². The van der Waals surface area contributed by atoms with Gasteiger partial charge in [0.05, 0.1) is 0 Å². The minimum absolute atomic E-state index is 0.0522. The summed E-state index contributed by atoms with van der Waals surface area (Å²) < 4.78 is 5.07. The van der Waals surface area contributed by atoms with Gasteiger partial charge in [-0.15, -0.1) is 0 Å². The van der Waals surface area contributed by atoms with Gasteiger partial charge in [0.2, 0.25) is 0 Å². The Morgan fingerprint density at radius 2 is 1.75 bits per heavy atom. The summed E-state index contributed by atoms with van der Waals surface area (Å²) in [7, 11) is 0. The Kier molecular flexibility index (Phi) is 5.52. The highest BCUT2D eigenvalue weighted by molar-refractivity contribution is 6.00. The van der Waals surface area contributed by atoms with Crippen LogP contribution < -0.4 is 0 Å². The first-order valence-electron chi connectivity index (χ1n) is 7.52. The summed E-state index contributed by atoms with van der Waals surface area (Å²) in [6.07, 6.45) is 7.91. The molecule has 3 rings (SSSR count). The third-order valence-corrected chi connectivity index (χ3v) is 3.65. The number of ketones is 1. The molecule has 126 valence electrons. The van der Waals surface area contributed by atoms with Crippen molar-refractivity contribution in [3.63, 3.8) is 0 Å². The molecule has 0 bridgehead atoms. The van der Waals surface area contributed by atoms with Crippen LogP contribution in [0.2, 0.25) is 0 Å². The zero-order chi connectivity index (χ0) is 17.6. The Morgan fingerprint density at radius 1 is 1.12 bits per heavy atom. The fourth-order valence-electron chi connectivity index (χ4n) is 2.32. The predicted octanol–water partition coefficient (Wildman–Crippen LogP) is 2.17. The van der Waals surface area contributed by atoms with Gasteiger partial charge >= 0.3 is 11.9 Å². The fourth-order valence-corrected chi connectivity index (χ4v) is 2.32. The first kappa shape index (κ1) is 17.5. The molecule has 0 aromatic heterocycles. The van der Waals surface area contributed by atoms with E-state index in [1.807, 2.05) is 0 Å². The minimum atomic E-state index is -0.803. The van der Waals surface area contributed by atoms with Crippen molar-refractivity contribution < 1.29 is 29.3 Å². The van der Waals surface area contributed by atoms with E-state index in [9.17, 15) is 14.4 Å². The summed E-state index contributed by atoms with van der Waals surface area (Å²) in [5.41, 5.74) is 0.320. The molecule has 0 amide bonds. The number of carboxylic acid groups (broad SMARTS) is 1. The summed E-state index contributed by atoms with van der Waals surface area (Å²) in [5.74, 6) is -0.848. The molecule has 0 radical (unpaired) electrons. The van der Waals surface area contributed by atoms with Crippen molar-refractivity contribution in [2.75, 3.05) is 0 Å². The van der Waals surface area contributed by atoms with Gasteiger partial charge in [0.1, 0.15) is 11.4 Å². The molecule has 1 aromatic carbocycles. The maximum atomic E-state index is 10.8. The van der Waals surface area contributed by atoms with Crippen LogP contribution in [0.1, 0.15) is 24.8 Å². The van der Waals surface area contributed by atoms with E-state index in [0.29, 0.717) is 19.3 Å². The van der Waals surface area contributed by atoms with E-state index in [2.05, 4.69) is 0 Å². The summed E-state index contributed by atoms with van der Waals surface area (Å²) in [4.78, 5) is 31.8. The van der Waals surface area contributed by atoms with Gasteiger partial charge in [-0.2, -0.15) is 0 Å². The van der Waals surface area contributed by atoms with Crippen LogP contribution in [0.4, 0.5) is 0 Å². The molecule has 0 atom stereocenters. The number of rotatable bonds is 3. The smallest absolute Gasteiger partial charge is 0.307 e. The number of phenols is 1. The summed E-state index contributed by atoms with van der Waals surface area (Å²) in [6, 6.07) is 6.55. The highest BCUT2D eigenvalue weighted by atomic mass is 16.6. The van der Waals surface area contributed by atoms with Gasteiger partial charge in [-0.3, -0.25) is 14.4 Å². The van der Waals surface area contributed by atoms with Crippen LogP contribution in [0.3, 0.4) is 0 Å². The van der Waals surface area contributed by atoms with Gasteiger partial charge in [0.15, 0.2) is 5.78 Å². The van der Waals surface area contributed by atoms with Crippen LogP contribution in [0, 0.1) is 0 Å². The summed E-state index contributed by atoms with van der Waals surface area (Å²) >= 11 is 0. The Hall–Kier alpha value is -2.89. The van der Waals surface area contributed by atoms with E-state index in [1.54, 1.807) is 36.4 Å². The molecule has 2 aliphatic rings. The van der Waals surface area contributed by atoms with Crippen LogP contribution in [0.25, 0.3) is 0 Å². The number of aryl methyl sites for hydroxylation is 1. The van der Waals surface area contributed by atoms with Crippen molar-refractivity contribution >= 4 is 17.7 Å². The normalized spacial score (nSPS) is 17.3. The van der Waals surface area contributed by atoms with E-state index >= 15 is 0 Å². The van der Waals surface area contributed by atoms with Gasteiger partial charge in [-0.1, -0.05) is 12.1 Å².